The number of halogens is 1. The van der Waals surface area contributed by atoms with Crippen LogP contribution in [0.5, 0.6) is 17.2 Å². The van der Waals surface area contributed by atoms with Crippen LogP contribution in [0, 0.1) is 0 Å². The number of carbonyl (C=O) groups is 2. The summed E-state index contributed by atoms with van der Waals surface area (Å²) in [6.07, 6.45) is 1.41. The lowest BCUT2D eigenvalue weighted by molar-refractivity contribution is -0.120. The second-order valence-electron chi connectivity index (χ2n) is 5.44. The fraction of sp³-hybridized carbons (Fsp3) is 0.211. The van der Waals surface area contributed by atoms with Gasteiger partial charge in [0.25, 0.3) is 11.8 Å². The number of methoxy groups -OCH3 is 3. The SMILES string of the molecule is COc1cc(OC)c(OC)cc1/C=N\NC(=O)CNC(=O)c1cccc(Br)c1. The molecule has 0 aromatic heterocycles. The zero-order valence-corrected chi connectivity index (χ0v) is 17.2. The van der Waals surface area contributed by atoms with Crippen molar-refractivity contribution in [1.29, 1.82) is 0 Å². The monoisotopic (exact) mass is 449 g/mol. The first kappa shape index (κ1) is 21.2. The van der Waals surface area contributed by atoms with Gasteiger partial charge in [0.05, 0.1) is 34.1 Å². The molecule has 2 aromatic carbocycles. The standard InChI is InChI=1S/C19H20BrN3O5/c1-26-15-9-17(28-3)16(27-2)8-13(15)10-22-23-18(24)11-21-19(25)12-5-4-6-14(20)7-12/h4-10H,11H2,1-3H3,(H,21,25)(H,23,24)/b22-10-. The highest BCUT2D eigenvalue weighted by molar-refractivity contribution is 9.10. The van der Waals surface area contributed by atoms with E-state index in [1.807, 2.05) is 0 Å². The van der Waals surface area contributed by atoms with Gasteiger partial charge < -0.3 is 19.5 Å². The molecule has 148 valence electrons. The normalized spacial score (nSPS) is 10.4. The van der Waals surface area contributed by atoms with Crippen LogP contribution in [0.1, 0.15) is 15.9 Å². The van der Waals surface area contributed by atoms with Gasteiger partial charge in [-0.3, -0.25) is 9.59 Å². The van der Waals surface area contributed by atoms with Gasteiger partial charge in [-0.1, -0.05) is 22.0 Å². The molecule has 28 heavy (non-hydrogen) atoms. The quantitative estimate of drug-likeness (QED) is 0.476. The molecule has 2 rings (SSSR count). The molecule has 0 bridgehead atoms. The summed E-state index contributed by atoms with van der Waals surface area (Å²) in [5, 5.41) is 6.41. The summed E-state index contributed by atoms with van der Waals surface area (Å²) >= 11 is 3.29. The van der Waals surface area contributed by atoms with E-state index in [-0.39, 0.29) is 12.5 Å². The molecule has 0 unspecified atom stereocenters. The number of amides is 2. The zero-order valence-electron chi connectivity index (χ0n) is 15.6. The number of ether oxygens (including phenoxy) is 3. The van der Waals surface area contributed by atoms with Crippen molar-refractivity contribution < 1.29 is 23.8 Å². The largest absolute Gasteiger partial charge is 0.496 e. The van der Waals surface area contributed by atoms with E-state index in [1.54, 1.807) is 36.4 Å². The molecule has 2 aromatic rings. The minimum absolute atomic E-state index is 0.217. The van der Waals surface area contributed by atoms with Crippen molar-refractivity contribution in [2.75, 3.05) is 27.9 Å². The van der Waals surface area contributed by atoms with E-state index in [0.717, 1.165) is 4.47 Å². The fourth-order valence-electron chi connectivity index (χ4n) is 2.26. The Morgan fingerprint density at radius 2 is 1.71 bits per heavy atom. The number of hydrogen-bond donors (Lipinski definition) is 2. The number of hydrazone groups is 1. The Morgan fingerprint density at radius 1 is 1.04 bits per heavy atom. The molecule has 2 N–H and O–H groups in total. The first-order valence-corrected chi connectivity index (χ1v) is 8.93. The van der Waals surface area contributed by atoms with E-state index in [0.29, 0.717) is 28.4 Å². The van der Waals surface area contributed by atoms with Gasteiger partial charge >= 0.3 is 0 Å². The second-order valence-corrected chi connectivity index (χ2v) is 6.35. The number of benzene rings is 2. The molecule has 0 heterocycles. The van der Waals surface area contributed by atoms with Crippen molar-refractivity contribution in [1.82, 2.24) is 10.7 Å². The lowest BCUT2D eigenvalue weighted by Crippen LogP contribution is -2.34. The predicted octanol–water partition coefficient (Wildman–Crippen LogP) is 2.35. The van der Waals surface area contributed by atoms with Crippen LogP contribution in [0.2, 0.25) is 0 Å². The van der Waals surface area contributed by atoms with Crippen LogP contribution in [0.25, 0.3) is 0 Å². The van der Waals surface area contributed by atoms with E-state index in [2.05, 4.69) is 31.8 Å². The first-order valence-electron chi connectivity index (χ1n) is 8.14. The average molecular weight is 450 g/mol. The van der Waals surface area contributed by atoms with E-state index in [4.69, 9.17) is 14.2 Å². The minimum atomic E-state index is -0.473. The maximum Gasteiger partial charge on any atom is 0.259 e. The maximum atomic E-state index is 12.0. The second kappa shape index (κ2) is 10.3. The number of carbonyl (C=O) groups excluding carboxylic acids is 2. The van der Waals surface area contributed by atoms with Gasteiger partial charge in [0.2, 0.25) is 0 Å². The fourth-order valence-corrected chi connectivity index (χ4v) is 2.66. The summed E-state index contributed by atoms with van der Waals surface area (Å²) in [7, 11) is 4.54. The maximum absolute atomic E-state index is 12.0. The van der Waals surface area contributed by atoms with Crippen LogP contribution in [0.15, 0.2) is 46.0 Å². The highest BCUT2D eigenvalue weighted by atomic mass is 79.9. The Hall–Kier alpha value is -3.07. The zero-order chi connectivity index (χ0) is 20.5. The van der Waals surface area contributed by atoms with Gasteiger partial charge in [-0.15, -0.1) is 0 Å². The smallest absolute Gasteiger partial charge is 0.259 e. The van der Waals surface area contributed by atoms with Gasteiger partial charge in [0.1, 0.15) is 5.75 Å². The molecule has 0 atom stereocenters. The van der Waals surface area contributed by atoms with Crippen molar-refractivity contribution in [3.8, 4) is 17.2 Å². The van der Waals surface area contributed by atoms with Crippen LogP contribution >= 0.6 is 15.9 Å². The van der Waals surface area contributed by atoms with Gasteiger partial charge in [0, 0.05) is 21.7 Å². The molecule has 0 saturated heterocycles. The lowest BCUT2D eigenvalue weighted by Gasteiger charge is -2.11. The molecule has 2 amide bonds. The summed E-state index contributed by atoms with van der Waals surface area (Å²) in [4.78, 5) is 23.9. The highest BCUT2D eigenvalue weighted by Gasteiger charge is 2.11. The van der Waals surface area contributed by atoms with Gasteiger partial charge in [-0.2, -0.15) is 5.10 Å². The van der Waals surface area contributed by atoms with Gasteiger partial charge in [-0.05, 0) is 24.3 Å². The Balaban J connectivity index is 1.95. The topological polar surface area (TPSA) is 98.2 Å². The van der Waals surface area contributed by atoms with Gasteiger partial charge in [-0.25, -0.2) is 5.43 Å². The molecule has 0 saturated carbocycles. The molecule has 0 aliphatic heterocycles. The molecule has 0 radical (unpaired) electrons. The number of nitrogens with zero attached hydrogens (tertiary/aromatic N) is 1. The van der Waals surface area contributed by atoms with Crippen molar-refractivity contribution >= 4 is 34.0 Å². The summed E-state index contributed by atoms with van der Waals surface area (Å²) in [5.74, 6) is 0.674. The van der Waals surface area contributed by atoms with Crippen LogP contribution in [-0.2, 0) is 4.79 Å². The predicted molar refractivity (Wildman–Crippen MR) is 108 cm³/mol. The van der Waals surface area contributed by atoms with Crippen molar-refractivity contribution in [3.63, 3.8) is 0 Å². The van der Waals surface area contributed by atoms with Crippen molar-refractivity contribution in [2.45, 2.75) is 0 Å². The van der Waals surface area contributed by atoms with E-state index in [9.17, 15) is 9.59 Å². The highest BCUT2D eigenvalue weighted by Crippen LogP contribution is 2.33. The van der Waals surface area contributed by atoms with Crippen LogP contribution < -0.4 is 25.0 Å². The molecule has 9 heteroatoms. The summed E-state index contributed by atoms with van der Waals surface area (Å²) in [6.45, 7) is -0.217. The third kappa shape index (κ3) is 5.71. The number of hydrogen-bond acceptors (Lipinski definition) is 6. The molecule has 8 nitrogen and oxygen atoms in total. The number of nitrogens with one attached hydrogen (secondary N) is 2. The summed E-state index contributed by atoms with van der Waals surface area (Å²) < 4.78 is 16.5. The molecular formula is C19H20BrN3O5. The van der Waals surface area contributed by atoms with Crippen LogP contribution in [0.4, 0.5) is 0 Å². The summed E-state index contributed by atoms with van der Waals surface area (Å²) in [6, 6.07) is 10.2. The van der Waals surface area contributed by atoms with E-state index < -0.39 is 5.91 Å². The average Bonchev–Trinajstić information content (AvgIpc) is 2.71. The van der Waals surface area contributed by atoms with Gasteiger partial charge in [0.15, 0.2) is 11.5 Å². The van der Waals surface area contributed by atoms with Crippen LogP contribution in [-0.4, -0.2) is 45.9 Å². The molecular weight excluding hydrogens is 430 g/mol. The molecule has 0 aliphatic carbocycles. The van der Waals surface area contributed by atoms with E-state index in [1.165, 1.54) is 27.5 Å². The molecule has 0 fully saturated rings. The first-order chi connectivity index (χ1) is 13.5. The Kier molecular flexibility index (Phi) is 7.82. The molecule has 0 spiro atoms. The van der Waals surface area contributed by atoms with Crippen molar-refractivity contribution in [3.05, 3.63) is 52.0 Å². The lowest BCUT2D eigenvalue weighted by atomic mass is 10.2. The van der Waals surface area contributed by atoms with Crippen molar-refractivity contribution in [2.24, 2.45) is 5.10 Å². The minimum Gasteiger partial charge on any atom is -0.496 e. The Bertz CT molecular complexity index is 886. The molecule has 0 aliphatic rings. The van der Waals surface area contributed by atoms with Crippen LogP contribution in [0.3, 0.4) is 0 Å². The Labute approximate surface area is 171 Å². The van der Waals surface area contributed by atoms with E-state index >= 15 is 0 Å². The Morgan fingerprint density at radius 3 is 2.36 bits per heavy atom. The summed E-state index contributed by atoms with van der Waals surface area (Å²) in [5.41, 5.74) is 3.37. The third-order valence-electron chi connectivity index (χ3n) is 3.63. The number of rotatable bonds is 8. The third-order valence-corrected chi connectivity index (χ3v) is 4.12.